The number of hydrogen-bond acceptors (Lipinski definition) is 6. The maximum Gasteiger partial charge on any atom is 0.234 e. The standard InChI is InChI=1S/C15H18N6OS/c1-11(13-8-21-15(19-13)23-10-17-21)18-14(22)9-20(2)7-12-3-5-16-6-4-12/h3-6,8,10-11H,7,9H2,1-2H3,(H,18,22). The van der Waals surface area contributed by atoms with Crippen LogP contribution in [0.4, 0.5) is 0 Å². The second kappa shape index (κ2) is 6.84. The van der Waals surface area contributed by atoms with Crippen molar-refractivity contribution in [2.24, 2.45) is 0 Å². The molecule has 8 heteroatoms. The van der Waals surface area contributed by atoms with Gasteiger partial charge in [-0.1, -0.05) is 11.3 Å². The van der Waals surface area contributed by atoms with E-state index < -0.39 is 0 Å². The third-order valence-corrected chi connectivity index (χ3v) is 4.13. The molecular formula is C15H18N6OS. The molecule has 0 aliphatic carbocycles. The van der Waals surface area contributed by atoms with Crippen molar-refractivity contribution in [3.8, 4) is 0 Å². The van der Waals surface area contributed by atoms with Gasteiger partial charge in [0.05, 0.1) is 24.5 Å². The largest absolute Gasteiger partial charge is 0.347 e. The van der Waals surface area contributed by atoms with Gasteiger partial charge in [-0.2, -0.15) is 5.10 Å². The minimum absolute atomic E-state index is 0.0293. The summed E-state index contributed by atoms with van der Waals surface area (Å²) in [6, 6.07) is 3.75. The highest BCUT2D eigenvalue weighted by molar-refractivity contribution is 7.14. The van der Waals surface area contributed by atoms with E-state index in [-0.39, 0.29) is 11.9 Å². The van der Waals surface area contributed by atoms with E-state index in [1.165, 1.54) is 11.3 Å². The smallest absolute Gasteiger partial charge is 0.234 e. The normalized spacial score (nSPS) is 12.7. The number of nitrogens with zero attached hydrogens (tertiary/aromatic N) is 5. The quantitative estimate of drug-likeness (QED) is 0.741. The van der Waals surface area contributed by atoms with Gasteiger partial charge in [0.15, 0.2) is 0 Å². The van der Waals surface area contributed by atoms with Gasteiger partial charge in [0.2, 0.25) is 10.9 Å². The van der Waals surface area contributed by atoms with Crippen molar-refractivity contribution in [1.82, 2.24) is 29.8 Å². The fraction of sp³-hybridized carbons (Fsp3) is 0.333. The molecule has 3 heterocycles. The Kier molecular flexibility index (Phi) is 4.63. The van der Waals surface area contributed by atoms with Gasteiger partial charge in [0.1, 0.15) is 5.51 Å². The van der Waals surface area contributed by atoms with Crippen LogP contribution >= 0.6 is 11.3 Å². The van der Waals surface area contributed by atoms with Gasteiger partial charge in [-0.3, -0.25) is 14.7 Å². The molecule has 23 heavy (non-hydrogen) atoms. The van der Waals surface area contributed by atoms with Crippen LogP contribution in [0.25, 0.3) is 4.96 Å². The predicted octanol–water partition coefficient (Wildman–Crippen LogP) is 1.49. The molecule has 0 aliphatic rings. The molecule has 0 saturated heterocycles. The Balaban J connectivity index is 1.53. The van der Waals surface area contributed by atoms with Crippen LogP contribution in [0.2, 0.25) is 0 Å². The maximum atomic E-state index is 12.2. The highest BCUT2D eigenvalue weighted by Crippen LogP contribution is 2.15. The molecular weight excluding hydrogens is 312 g/mol. The summed E-state index contributed by atoms with van der Waals surface area (Å²) in [7, 11) is 1.92. The lowest BCUT2D eigenvalue weighted by atomic mass is 10.2. The fourth-order valence-electron chi connectivity index (χ4n) is 2.33. The van der Waals surface area contributed by atoms with Crippen molar-refractivity contribution in [3.05, 3.63) is 47.5 Å². The molecule has 1 unspecified atom stereocenters. The maximum absolute atomic E-state index is 12.2. The van der Waals surface area contributed by atoms with E-state index in [0.29, 0.717) is 13.1 Å². The minimum atomic E-state index is -0.147. The third kappa shape index (κ3) is 3.91. The number of amides is 1. The van der Waals surface area contributed by atoms with Gasteiger partial charge in [-0.05, 0) is 31.7 Å². The van der Waals surface area contributed by atoms with E-state index in [1.54, 1.807) is 22.4 Å². The minimum Gasteiger partial charge on any atom is -0.347 e. The Morgan fingerprint density at radius 1 is 1.43 bits per heavy atom. The lowest BCUT2D eigenvalue weighted by molar-refractivity contribution is -0.122. The molecule has 7 nitrogen and oxygen atoms in total. The van der Waals surface area contributed by atoms with Crippen LogP contribution in [-0.4, -0.2) is 44.0 Å². The molecule has 0 aliphatic heterocycles. The SMILES string of the molecule is CC(NC(=O)CN(C)Cc1ccncc1)c1cn2ncsc2n1. The Morgan fingerprint density at radius 2 is 2.22 bits per heavy atom. The van der Waals surface area contributed by atoms with Crippen molar-refractivity contribution in [1.29, 1.82) is 0 Å². The van der Waals surface area contributed by atoms with Crippen molar-refractivity contribution in [2.75, 3.05) is 13.6 Å². The first-order chi connectivity index (χ1) is 11.1. The lowest BCUT2D eigenvalue weighted by Gasteiger charge is -2.18. The highest BCUT2D eigenvalue weighted by atomic mass is 32.1. The van der Waals surface area contributed by atoms with E-state index >= 15 is 0 Å². The average molecular weight is 330 g/mol. The molecule has 0 fully saturated rings. The lowest BCUT2D eigenvalue weighted by Crippen LogP contribution is -2.36. The van der Waals surface area contributed by atoms with Crippen LogP contribution in [0.5, 0.6) is 0 Å². The molecule has 3 rings (SSSR count). The van der Waals surface area contributed by atoms with Crippen molar-refractivity contribution >= 4 is 22.2 Å². The summed E-state index contributed by atoms with van der Waals surface area (Å²) in [5, 5.41) is 7.11. The fourth-order valence-corrected chi connectivity index (χ4v) is 2.94. The summed E-state index contributed by atoms with van der Waals surface area (Å²) in [5.74, 6) is -0.0293. The molecule has 0 bridgehead atoms. The van der Waals surface area contributed by atoms with Crippen LogP contribution < -0.4 is 5.32 Å². The van der Waals surface area contributed by atoms with E-state index in [0.717, 1.165) is 16.2 Å². The molecule has 1 N–H and O–H groups in total. The molecule has 0 aromatic carbocycles. The molecule has 1 atom stereocenters. The predicted molar refractivity (Wildman–Crippen MR) is 88.0 cm³/mol. The second-order valence-electron chi connectivity index (χ2n) is 5.45. The Labute approximate surface area is 138 Å². The second-order valence-corrected chi connectivity index (χ2v) is 6.26. The number of hydrogen-bond donors (Lipinski definition) is 1. The van der Waals surface area contributed by atoms with Gasteiger partial charge in [-0.15, -0.1) is 0 Å². The van der Waals surface area contributed by atoms with E-state index in [4.69, 9.17) is 0 Å². The topological polar surface area (TPSA) is 75.4 Å². The third-order valence-electron chi connectivity index (χ3n) is 3.44. The van der Waals surface area contributed by atoms with Gasteiger partial charge < -0.3 is 5.32 Å². The van der Waals surface area contributed by atoms with Crippen molar-refractivity contribution in [2.45, 2.75) is 19.5 Å². The molecule has 3 aromatic heterocycles. The van der Waals surface area contributed by atoms with Gasteiger partial charge in [0, 0.05) is 18.9 Å². The number of fused-ring (bicyclic) bond motifs is 1. The van der Waals surface area contributed by atoms with Gasteiger partial charge in [-0.25, -0.2) is 9.50 Å². The number of imidazole rings is 1. The number of carbonyl (C=O) groups is 1. The van der Waals surface area contributed by atoms with Gasteiger partial charge >= 0.3 is 0 Å². The summed E-state index contributed by atoms with van der Waals surface area (Å²) < 4.78 is 1.72. The zero-order chi connectivity index (χ0) is 16.2. The molecule has 120 valence electrons. The highest BCUT2D eigenvalue weighted by Gasteiger charge is 2.15. The van der Waals surface area contributed by atoms with E-state index in [1.807, 2.05) is 37.2 Å². The first-order valence-corrected chi connectivity index (χ1v) is 8.15. The van der Waals surface area contributed by atoms with E-state index in [2.05, 4.69) is 20.4 Å². The number of rotatable bonds is 6. The van der Waals surface area contributed by atoms with Crippen LogP contribution in [0.3, 0.4) is 0 Å². The number of nitrogens with one attached hydrogen (secondary N) is 1. The van der Waals surface area contributed by atoms with Crippen molar-refractivity contribution in [3.63, 3.8) is 0 Å². The van der Waals surface area contributed by atoms with Crippen molar-refractivity contribution < 1.29 is 4.79 Å². The summed E-state index contributed by atoms with van der Waals surface area (Å²) in [6.45, 7) is 2.95. The first kappa shape index (κ1) is 15.6. The molecule has 3 aromatic rings. The Hall–Kier alpha value is -2.32. The number of carbonyl (C=O) groups excluding carboxylic acids is 1. The molecule has 0 saturated carbocycles. The number of likely N-dealkylation sites (N-methyl/N-ethyl adjacent to an activating group) is 1. The van der Waals surface area contributed by atoms with Crippen LogP contribution in [0, 0.1) is 0 Å². The molecule has 1 amide bonds. The summed E-state index contributed by atoms with van der Waals surface area (Å²) in [6.07, 6.45) is 5.35. The Morgan fingerprint density at radius 3 is 2.96 bits per heavy atom. The number of pyridine rings is 1. The molecule has 0 spiro atoms. The Bertz CT molecular complexity index is 755. The van der Waals surface area contributed by atoms with E-state index in [9.17, 15) is 4.79 Å². The summed E-state index contributed by atoms with van der Waals surface area (Å²) in [4.78, 5) is 23.4. The monoisotopic (exact) mass is 330 g/mol. The van der Waals surface area contributed by atoms with Crippen LogP contribution in [0.1, 0.15) is 24.2 Å². The number of aromatic nitrogens is 4. The van der Waals surface area contributed by atoms with Crippen LogP contribution in [-0.2, 0) is 11.3 Å². The zero-order valence-corrected chi connectivity index (χ0v) is 13.8. The van der Waals surface area contributed by atoms with Gasteiger partial charge in [0.25, 0.3) is 0 Å². The first-order valence-electron chi connectivity index (χ1n) is 7.27. The molecule has 0 radical (unpaired) electrons. The van der Waals surface area contributed by atoms with Crippen LogP contribution in [0.15, 0.2) is 36.2 Å². The zero-order valence-electron chi connectivity index (χ0n) is 13.0. The average Bonchev–Trinajstić information content (AvgIpc) is 3.09. The summed E-state index contributed by atoms with van der Waals surface area (Å²) >= 11 is 1.47. The summed E-state index contributed by atoms with van der Waals surface area (Å²) in [5.41, 5.74) is 3.68.